The van der Waals surface area contributed by atoms with E-state index >= 15 is 0 Å². The predicted octanol–water partition coefficient (Wildman–Crippen LogP) is 3.43. The van der Waals surface area contributed by atoms with Gasteiger partial charge in [0.15, 0.2) is 11.6 Å². The molecule has 3 rings (SSSR count). The third kappa shape index (κ3) is 3.79. The molecule has 1 heterocycles. The van der Waals surface area contributed by atoms with E-state index in [9.17, 15) is 18.7 Å². The number of hydrogen-bond donors (Lipinski definition) is 2. The van der Waals surface area contributed by atoms with Gasteiger partial charge in [-0.25, -0.2) is 8.78 Å². The van der Waals surface area contributed by atoms with Crippen LogP contribution in [0.2, 0.25) is 0 Å². The first-order chi connectivity index (χ1) is 12.1. The molecule has 132 valence electrons. The zero-order chi connectivity index (χ0) is 17.8. The van der Waals surface area contributed by atoms with Gasteiger partial charge in [-0.1, -0.05) is 18.2 Å². The third-order valence-electron chi connectivity index (χ3n) is 4.56. The van der Waals surface area contributed by atoms with E-state index in [0.29, 0.717) is 11.6 Å². The van der Waals surface area contributed by atoms with Gasteiger partial charge in [0.05, 0.1) is 16.9 Å². The van der Waals surface area contributed by atoms with Gasteiger partial charge in [-0.05, 0) is 43.0 Å². The van der Waals surface area contributed by atoms with Gasteiger partial charge in [0.1, 0.15) is 0 Å². The molecule has 1 saturated heterocycles. The topological polar surface area (TPSA) is 52.6 Å². The summed E-state index contributed by atoms with van der Waals surface area (Å²) in [5.74, 6) is -2.58. The Bertz CT molecular complexity index is 759. The van der Waals surface area contributed by atoms with Gasteiger partial charge >= 0.3 is 0 Å². The fraction of sp³-hybridized carbons (Fsp3) is 0.316. The Morgan fingerprint density at radius 3 is 2.56 bits per heavy atom. The zero-order valence-electron chi connectivity index (χ0n) is 13.7. The van der Waals surface area contributed by atoms with Gasteiger partial charge in [-0.3, -0.25) is 4.79 Å². The Balaban J connectivity index is 1.79. The lowest BCUT2D eigenvalue weighted by atomic mass is 9.97. The molecule has 2 N–H and O–H groups in total. The average Bonchev–Trinajstić information content (AvgIpc) is 2.64. The van der Waals surface area contributed by atoms with Crippen molar-refractivity contribution < 1.29 is 18.7 Å². The van der Waals surface area contributed by atoms with Crippen molar-refractivity contribution in [1.29, 1.82) is 0 Å². The molecule has 25 heavy (non-hydrogen) atoms. The van der Waals surface area contributed by atoms with Gasteiger partial charge in [0.25, 0.3) is 5.91 Å². The number of amides is 1. The largest absolute Gasteiger partial charge is 0.396 e. The number of aliphatic hydroxyl groups is 1. The number of carbonyl (C=O) groups is 1. The van der Waals surface area contributed by atoms with E-state index in [1.165, 1.54) is 12.1 Å². The number of hydrogen-bond acceptors (Lipinski definition) is 3. The molecule has 1 fully saturated rings. The van der Waals surface area contributed by atoms with Gasteiger partial charge in [0, 0.05) is 19.7 Å². The Hall–Kier alpha value is -2.47. The van der Waals surface area contributed by atoms with Crippen LogP contribution in [0.4, 0.5) is 20.2 Å². The molecule has 0 spiro atoms. The molecule has 0 radical (unpaired) electrons. The summed E-state index contributed by atoms with van der Waals surface area (Å²) in [6.45, 7) is 1.73. The summed E-state index contributed by atoms with van der Waals surface area (Å²) >= 11 is 0. The van der Waals surface area contributed by atoms with E-state index in [-0.39, 0.29) is 12.2 Å². The number of carbonyl (C=O) groups excluding carboxylic acids is 1. The summed E-state index contributed by atoms with van der Waals surface area (Å²) < 4.78 is 27.2. The second kappa shape index (κ2) is 7.61. The lowest BCUT2D eigenvalue weighted by Crippen LogP contribution is -2.35. The van der Waals surface area contributed by atoms with Crippen LogP contribution in [0.25, 0.3) is 0 Å². The molecule has 0 atom stereocenters. The predicted molar refractivity (Wildman–Crippen MR) is 92.8 cm³/mol. The molecular formula is C19H20F2N2O2. The van der Waals surface area contributed by atoms with Crippen LogP contribution >= 0.6 is 0 Å². The molecular weight excluding hydrogens is 326 g/mol. The van der Waals surface area contributed by atoms with Crippen molar-refractivity contribution in [3.63, 3.8) is 0 Å². The molecule has 0 saturated carbocycles. The van der Waals surface area contributed by atoms with Gasteiger partial charge in [-0.15, -0.1) is 0 Å². The molecule has 1 amide bonds. The highest BCUT2D eigenvalue weighted by atomic mass is 19.2. The van der Waals surface area contributed by atoms with Crippen LogP contribution in [-0.4, -0.2) is 30.7 Å². The van der Waals surface area contributed by atoms with E-state index in [0.717, 1.165) is 37.7 Å². The van der Waals surface area contributed by atoms with Crippen LogP contribution in [0.5, 0.6) is 0 Å². The summed E-state index contributed by atoms with van der Waals surface area (Å²) in [6, 6.07) is 10.8. The van der Waals surface area contributed by atoms with Crippen molar-refractivity contribution >= 4 is 17.3 Å². The highest BCUT2D eigenvalue weighted by molar-refractivity contribution is 6.06. The van der Waals surface area contributed by atoms with Crippen LogP contribution in [0, 0.1) is 17.6 Å². The molecule has 2 aromatic rings. The van der Waals surface area contributed by atoms with E-state index in [4.69, 9.17) is 0 Å². The van der Waals surface area contributed by atoms with Gasteiger partial charge < -0.3 is 15.3 Å². The summed E-state index contributed by atoms with van der Waals surface area (Å²) in [6.07, 6.45) is 1.74. The van der Waals surface area contributed by atoms with Crippen LogP contribution in [0.1, 0.15) is 23.2 Å². The van der Waals surface area contributed by atoms with E-state index < -0.39 is 17.5 Å². The number of benzene rings is 2. The van der Waals surface area contributed by atoms with E-state index in [2.05, 4.69) is 10.2 Å². The summed E-state index contributed by atoms with van der Waals surface area (Å²) in [5, 5.41) is 11.9. The molecule has 0 bridgehead atoms. The minimum atomic E-state index is -1.15. The highest BCUT2D eigenvalue weighted by Gasteiger charge is 2.22. The van der Waals surface area contributed by atoms with Crippen LogP contribution in [0.3, 0.4) is 0 Å². The third-order valence-corrected chi connectivity index (χ3v) is 4.56. The number of piperidine rings is 1. The summed E-state index contributed by atoms with van der Waals surface area (Å²) in [4.78, 5) is 14.5. The molecule has 2 aromatic carbocycles. The average molecular weight is 346 g/mol. The Kier molecular flexibility index (Phi) is 5.28. The molecule has 0 unspecified atom stereocenters. The number of aliphatic hydroxyl groups excluding tert-OH is 1. The second-order valence-electron chi connectivity index (χ2n) is 6.19. The number of nitrogens with one attached hydrogen (secondary N) is 1. The quantitative estimate of drug-likeness (QED) is 0.892. The fourth-order valence-electron chi connectivity index (χ4n) is 3.08. The smallest absolute Gasteiger partial charge is 0.258 e. The maximum Gasteiger partial charge on any atom is 0.258 e. The number of rotatable bonds is 4. The van der Waals surface area contributed by atoms with Crippen LogP contribution in [-0.2, 0) is 0 Å². The number of para-hydroxylation sites is 2. The molecule has 0 aliphatic carbocycles. The van der Waals surface area contributed by atoms with E-state index in [1.807, 2.05) is 12.1 Å². The van der Waals surface area contributed by atoms with Gasteiger partial charge in [-0.2, -0.15) is 0 Å². The Morgan fingerprint density at radius 2 is 1.84 bits per heavy atom. The highest BCUT2D eigenvalue weighted by Crippen LogP contribution is 2.30. The van der Waals surface area contributed by atoms with Crippen molar-refractivity contribution in [1.82, 2.24) is 0 Å². The first kappa shape index (κ1) is 17.4. The summed E-state index contributed by atoms with van der Waals surface area (Å²) in [5.41, 5.74) is 1.07. The van der Waals surface area contributed by atoms with Crippen molar-refractivity contribution in [2.45, 2.75) is 12.8 Å². The number of anilines is 2. The van der Waals surface area contributed by atoms with Gasteiger partial charge in [0.2, 0.25) is 0 Å². The molecule has 0 aromatic heterocycles. The van der Waals surface area contributed by atoms with E-state index in [1.54, 1.807) is 12.1 Å². The maximum absolute atomic E-state index is 13.8. The minimum Gasteiger partial charge on any atom is -0.396 e. The normalized spacial score (nSPS) is 15.2. The maximum atomic E-state index is 13.8. The van der Waals surface area contributed by atoms with Crippen LogP contribution in [0.15, 0.2) is 42.5 Å². The zero-order valence-corrected chi connectivity index (χ0v) is 13.7. The lowest BCUT2D eigenvalue weighted by Gasteiger charge is -2.34. The molecule has 1 aliphatic heterocycles. The first-order valence-electron chi connectivity index (χ1n) is 8.30. The first-order valence-corrected chi connectivity index (χ1v) is 8.30. The number of nitrogens with zero attached hydrogens (tertiary/aromatic N) is 1. The van der Waals surface area contributed by atoms with Crippen molar-refractivity contribution in [3.8, 4) is 0 Å². The van der Waals surface area contributed by atoms with Crippen molar-refractivity contribution in [3.05, 3.63) is 59.7 Å². The minimum absolute atomic E-state index is 0.186. The Labute approximate surface area is 145 Å². The molecule has 4 nitrogen and oxygen atoms in total. The van der Waals surface area contributed by atoms with Crippen molar-refractivity contribution in [2.75, 3.05) is 29.9 Å². The summed E-state index contributed by atoms with van der Waals surface area (Å²) in [7, 11) is 0. The Morgan fingerprint density at radius 1 is 1.12 bits per heavy atom. The number of halogens is 2. The fourth-order valence-corrected chi connectivity index (χ4v) is 3.08. The molecule has 1 aliphatic rings. The van der Waals surface area contributed by atoms with Crippen LogP contribution < -0.4 is 10.2 Å². The van der Waals surface area contributed by atoms with Crippen molar-refractivity contribution in [2.24, 2.45) is 5.92 Å². The standard InChI is InChI=1S/C19H20F2N2O2/c20-15-5-3-4-14(18(15)21)19(25)22-16-6-1-2-7-17(16)23-10-8-13(12-24)9-11-23/h1-7,13,24H,8-12H2,(H,22,25). The second-order valence-corrected chi connectivity index (χ2v) is 6.19. The monoisotopic (exact) mass is 346 g/mol. The SMILES string of the molecule is O=C(Nc1ccccc1N1CCC(CO)CC1)c1cccc(F)c1F. The lowest BCUT2D eigenvalue weighted by molar-refractivity contribution is 0.102. The molecule has 6 heteroatoms.